The minimum Gasteiger partial charge on any atom is -0.462 e. The molecule has 4 rings (SSSR count). The van der Waals surface area contributed by atoms with Crippen molar-refractivity contribution < 1.29 is 32.5 Å². The molecule has 1 saturated heterocycles. The molecule has 1 atom stereocenters. The first kappa shape index (κ1) is 26.3. The average Bonchev–Trinajstić information content (AvgIpc) is 3.22. The summed E-state index contributed by atoms with van der Waals surface area (Å²) in [5.74, 6) is 3.67. The zero-order valence-corrected chi connectivity index (χ0v) is 20.5. The number of carbonyl (C=O) groups excluding carboxylic acids is 1. The van der Waals surface area contributed by atoms with Gasteiger partial charge in [-0.25, -0.2) is 4.79 Å². The number of nitrogens with one attached hydrogen (secondary N) is 1. The lowest BCUT2D eigenvalue weighted by Gasteiger charge is -2.31. The predicted molar refractivity (Wildman–Crippen MR) is 131 cm³/mol. The van der Waals surface area contributed by atoms with Crippen molar-refractivity contribution in [2.75, 3.05) is 37.8 Å². The monoisotopic (exact) mass is 517 g/mol. The number of hydrogen-bond donors (Lipinski definition) is 2. The summed E-state index contributed by atoms with van der Waals surface area (Å²) in [6, 6.07) is 5.50. The van der Waals surface area contributed by atoms with Crippen LogP contribution in [-0.2, 0) is 22.1 Å². The lowest BCUT2D eigenvalue weighted by Crippen LogP contribution is -2.41. The topological polar surface area (TPSA) is 96.8 Å². The predicted octanol–water partition coefficient (Wildman–Crippen LogP) is 2.99. The van der Waals surface area contributed by atoms with Gasteiger partial charge in [0.2, 0.25) is 5.60 Å². The van der Waals surface area contributed by atoms with Crippen molar-refractivity contribution in [2.45, 2.75) is 25.6 Å². The van der Waals surface area contributed by atoms with Crippen molar-refractivity contribution in [3.8, 4) is 11.8 Å². The maximum Gasteiger partial charge on any atom is 0.433 e. The normalized spacial score (nSPS) is 15.7. The van der Waals surface area contributed by atoms with Gasteiger partial charge in [-0.2, -0.15) is 13.2 Å². The number of anilines is 1. The van der Waals surface area contributed by atoms with Crippen LogP contribution in [0.25, 0.3) is 10.9 Å². The molecule has 2 N–H and O–H groups in total. The van der Waals surface area contributed by atoms with E-state index >= 15 is 0 Å². The van der Waals surface area contributed by atoms with Crippen molar-refractivity contribution in [1.82, 2.24) is 9.55 Å². The Hall–Kier alpha value is -3.75. The number of H-pyrrole nitrogens is 1. The highest BCUT2D eigenvalue weighted by Gasteiger charge is 2.54. The number of rotatable bonds is 4. The van der Waals surface area contributed by atoms with E-state index in [2.05, 4.69) is 10.9 Å². The molecule has 0 spiro atoms. The number of aromatic amines is 1. The van der Waals surface area contributed by atoms with Gasteiger partial charge in [-0.05, 0) is 31.9 Å². The van der Waals surface area contributed by atoms with E-state index in [4.69, 9.17) is 9.47 Å². The summed E-state index contributed by atoms with van der Waals surface area (Å²) in [5, 5.41) is 11.0. The molecule has 0 bridgehead atoms. The van der Waals surface area contributed by atoms with Gasteiger partial charge in [0.15, 0.2) is 0 Å². The maximum atomic E-state index is 14.3. The summed E-state index contributed by atoms with van der Waals surface area (Å²) in [4.78, 5) is 30.0. The first-order valence-corrected chi connectivity index (χ1v) is 11.6. The van der Waals surface area contributed by atoms with E-state index in [1.54, 1.807) is 19.9 Å². The Balaban J connectivity index is 1.89. The Morgan fingerprint density at radius 1 is 1.27 bits per heavy atom. The summed E-state index contributed by atoms with van der Waals surface area (Å²) in [6.45, 7) is 5.09. The Morgan fingerprint density at radius 3 is 2.62 bits per heavy atom. The Labute approximate surface area is 210 Å². The molecule has 196 valence electrons. The molecule has 1 unspecified atom stereocenters. The van der Waals surface area contributed by atoms with Crippen molar-refractivity contribution in [2.24, 2.45) is 7.05 Å². The Morgan fingerprint density at radius 2 is 1.97 bits per heavy atom. The number of pyridine rings is 1. The Bertz CT molecular complexity index is 1460. The molecule has 1 aliphatic heterocycles. The van der Waals surface area contributed by atoms with Crippen LogP contribution in [0.1, 0.15) is 34.1 Å². The molecule has 1 aromatic carbocycles. The molecule has 11 heteroatoms. The third-order valence-corrected chi connectivity index (χ3v) is 6.22. The molecule has 1 aliphatic rings. The van der Waals surface area contributed by atoms with Gasteiger partial charge >= 0.3 is 12.1 Å². The number of carbonyl (C=O) groups is 1. The van der Waals surface area contributed by atoms with Gasteiger partial charge < -0.3 is 29.0 Å². The number of benzene rings is 1. The van der Waals surface area contributed by atoms with Gasteiger partial charge in [-0.1, -0.05) is 18.1 Å². The lowest BCUT2D eigenvalue weighted by molar-refractivity contribution is -0.240. The van der Waals surface area contributed by atoms with Crippen LogP contribution in [-0.4, -0.2) is 59.7 Å². The third-order valence-electron chi connectivity index (χ3n) is 6.22. The fraction of sp³-hybridized carbons (Fsp3) is 0.385. The van der Waals surface area contributed by atoms with Crippen molar-refractivity contribution in [3.05, 3.63) is 63.2 Å². The summed E-state index contributed by atoms with van der Waals surface area (Å²) in [6.07, 6.45) is -3.92. The van der Waals surface area contributed by atoms with Crippen LogP contribution in [0.2, 0.25) is 0 Å². The third kappa shape index (κ3) is 4.82. The van der Waals surface area contributed by atoms with Gasteiger partial charge in [0, 0.05) is 48.7 Å². The number of ether oxygens (including phenoxy) is 2. The molecule has 0 saturated carbocycles. The highest BCUT2D eigenvalue weighted by molar-refractivity contribution is 6.07. The molecule has 2 aromatic heterocycles. The molecule has 0 aliphatic carbocycles. The minimum absolute atomic E-state index is 0.000263. The molecule has 3 aromatic rings. The number of aryl methyl sites for hydroxylation is 2. The van der Waals surface area contributed by atoms with Gasteiger partial charge in [0.1, 0.15) is 5.52 Å². The van der Waals surface area contributed by atoms with Gasteiger partial charge in [-0.3, -0.25) is 4.79 Å². The quantitative estimate of drug-likeness (QED) is 0.408. The SMILES string of the molecule is CCOC(=O)c1c(C)[nH]c2c(=O)n(C)cc(C#CC(O)(c3cccc(N4CCOCC4)c3)C(F)(F)F)c12. The number of nitrogens with zero attached hydrogens (tertiary/aromatic N) is 2. The molecular weight excluding hydrogens is 491 g/mol. The van der Waals surface area contributed by atoms with E-state index in [0.717, 1.165) is 10.6 Å². The number of aliphatic hydroxyl groups is 1. The molecular formula is C26H26F3N3O5. The minimum atomic E-state index is -5.15. The van der Waals surface area contributed by atoms with Crippen molar-refractivity contribution in [1.29, 1.82) is 0 Å². The van der Waals surface area contributed by atoms with Crippen LogP contribution in [0.3, 0.4) is 0 Å². The summed E-state index contributed by atoms with van der Waals surface area (Å²) in [5.41, 5.74) is -3.70. The van der Waals surface area contributed by atoms with Gasteiger partial charge in [0.05, 0.1) is 30.9 Å². The molecule has 3 heterocycles. The molecule has 0 radical (unpaired) electrons. The first-order chi connectivity index (χ1) is 17.5. The number of esters is 1. The number of fused-ring (bicyclic) bond motifs is 1. The summed E-state index contributed by atoms with van der Waals surface area (Å²) in [7, 11) is 1.41. The van der Waals surface area contributed by atoms with Crippen LogP contribution in [0, 0.1) is 18.8 Å². The van der Waals surface area contributed by atoms with Crippen LogP contribution in [0.4, 0.5) is 18.9 Å². The van der Waals surface area contributed by atoms with Crippen LogP contribution >= 0.6 is 0 Å². The fourth-order valence-corrected chi connectivity index (χ4v) is 4.31. The van der Waals surface area contributed by atoms with E-state index in [-0.39, 0.29) is 28.6 Å². The van der Waals surface area contributed by atoms with E-state index in [9.17, 15) is 27.9 Å². The van der Waals surface area contributed by atoms with E-state index < -0.39 is 28.9 Å². The number of halogens is 3. The molecule has 1 fully saturated rings. The lowest BCUT2D eigenvalue weighted by atomic mass is 9.92. The molecule has 8 nitrogen and oxygen atoms in total. The van der Waals surface area contributed by atoms with Crippen molar-refractivity contribution in [3.63, 3.8) is 0 Å². The van der Waals surface area contributed by atoms with E-state index in [0.29, 0.717) is 37.7 Å². The van der Waals surface area contributed by atoms with Gasteiger partial charge in [0.25, 0.3) is 5.56 Å². The highest BCUT2D eigenvalue weighted by atomic mass is 19.4. The highest BCUT2D eigenvalue weighted by Crippen LogP contribution is 2.40. The number of hydrogen-bond acceptors (Lipinski definition) is 6. The van der Waals surface area contributed by atoms with Crippen molar-refractivity contribution >= 4 is 22.6 Å². The molecule has 0 amide bonds. The van der Waals surface area contributed by atoms with Crippen LogP contribution in [0.15, 0.2) is 35.3 Å². The largest absolute Gasteiger partial charge is 0.462 e. The number of morpholine rings is 1. The zero-order valence-electron chi connectivity index (χ0n) is 20.5. The fourth-order valence-electron chi connectivity index (χ4n) is 4.31. The second-order valence-electron chi connectivity index (χ2n) is 8.66. The maximum absolute atomic E-state index is 14.3. The number of alkyl halides is 3. The summed E-state index contributed by atoms with van der Waals surface area (Å²) >= 11 is 0. The smallest absolute Gasteiger partial charge is 0.433 e. The standard InChI is InChI=1S/C26H26F3N3O5/c1-4-37-24(34)20-16(2)30-22-21(20)17(15-31(3)23(22)33)8-9-25(35,26(27,28)29)18-6-5-7-19(14-18)32-10-12-36-13-11-32/h5-7,14-15,30,35H,4,10-13H2,1-3H3. The molecule has 37 heavy (non-hydrogen) atoms. The van der Waals surface area contributed by atoms with Gasteiger partial charge in [-0.15, -0.1) is 0 Å². The summed E-state index contributed by atoms with van der Waals surface area (Å²) < 4.78 is 54.5. The number of aromatic nitrogens is 2. The Kier molecular flexibility index (Phi) is 7.08. The second kappa shape index (κ2) is 9.95. The zero-order chi connectivity index (χ0) is 27.0. The average molecular weight is 518 g/mol. The van der Waals surface area contributed by atoms with Crippen LogP contribution < -0.4 is 10.5 Å². The first-order valence-electron chi connectivity index (χ1n) is 11.6. The van der Waals surface area contributed by atoms with E-state index in [1.807, 2.05) is 10.8 Å². The van der Waals surface area contributed by atoms with Crippen LogP contribution in [0.5, 0.6) is 0 Å². The van der Waals surface area contributed by atoms with E-state index in [1.165, 1.54) is 25.4 Å². The second-order valence-corrected chi connectivity index (χ2v) is 8.66.